The molecule has 0 fully saturated rings. The molecule has 0 radical (unpaired) electrons. The zero-order valence-electron chi connectivity index (χ0n) is 22.0. The molecule has 4 rings (SSSR count). The maximum Gasteiger partial charge on any atom is 0.148 e. The van der Waals surface area contributed by atoms with Crippen LogP contribution in [0.4, 0.5) is 0 Å². The maximum absolute atomic E-state index is 4.57. The van der Waals surface area contributed by atoms with Crippen molar-refractivity contribution in [3.63, 3.8) is 0 Å². The van der Waals surface area contributed by atoms with Crippen LogP contribution >= 0.6 is 22.7 Å². The third-order valence-corrected chi connectivity index (χ3v) is 8.84. The van der Waals surface area contributed by atoms with E-state index in [1.807, 2.05) is 0 Å². The Bertz CT molecular complexity index is 1100. The van der Waals surface area contributed by atoms with Crippen molar-refractivity contribution in [1.29, 1.82) is 0 Å². The van der Waals surface area contributed by atoms with Crippen molar-refractivity contribution < 1.29 is 0 Å². The highest BCUT2D eigenvalue weighted by Gasteiger charge is 2.14. The molecule has 0 saturated heterocycles. The van der Waals surface area contributed by atoms with E-state index in [0.717, 1.165) is 44.0 Å². The highest BCUT2D eigenvalue weighted by molar-refractivity contribution is 7.15. The van der Waals surface area contributed by atoms with Gasteiger partial charge in [-0.1, -0.05) is 137 Å². The van der Waals surface area contributed by atoms with E-state index < -0.39 is 0 Å². The van der Waals surface area contributed by atoms with E-state index in [2.05, 4.69) is 70.6 Å². The fourth-order valence-corrected chi connectivity index (χ4v) is 6.56. The topological polar surface area (TPSA) is 51.6 Å². The summed E-state index contributed by atoms with van der Waals surface area (Å²) in [4.78, 5) is 0. The van der Waals surface area contributed by atoms with Gasteiger partial charge < -0.3 is 0 Å². The number of nitrogens with zero attached hydrogens (tertiary/aromatic N) is 4. The fourth-order valence-electron chi connectivity index (χ4n) is 4.72. The van der Waals surface area contributed by atoms with Gasteiger partial charge in [-0.25, -0.2) is 0 Å². The Labute approximate surface area is 224 Å². The van der Waals surface area contributed by atoms with Gasteiger partial charge in [-0.05, 0) is 23.6 Å². The van der Waals surface area contributed by atoms with Crippen LogP contribution in [-0.4, -0.2) is 20.4 Å². The molecule has 0 saturated carbocycles. The molecule has 192 valence electrons. The Morgan fingerprint density at radius 1 is 0.500 bits per heavy atom. The molecule has 0 aliphatic heterocycles. The number of fused-ring (bicyclic) bond motifs is 1. The molecular weight excluding hydrogens is 480 g/mol. The van der Waals surface area contributed by atoms with Gasteiger partial charge in [0.05, 0.1) is 0 Å². The summed E-state index contributed by atoms with van der Waals surface area (Å²) in [6.45, 7) is 4.53. The first-order valence-corrected chi connectivity index (χ1v) is 15.6. The van der Waals surface area contributed by atoms with Gasteiger partial charge in [0.15, 0.2) is 0 Å². The molecule has 0 aliphatic rings. The second kappa shape index (κ2) is 14.5. The van der Waals surface area contributed by atoms with Crippen LogP contribution in [0.25, 0.3) is 31.9 Å². The van der Waals surface area contributed by atoms with E-state index in [1.165, 1.54) is 87.8 Å². The van der Waals surface area contributed by atoms with Crippen LogP contribution in [-0.2, 0) is 12.8 Å². The minimum atomic E-state index is 1.01. The lowest BCUT2D eigenvalue weighted by Gasteiger charge is -2.07. The first kappa shape index (κ1) is 26.9. The number of aryl methyl sites for hydroxylation is 2. The average molecular weight is 521 g/mol. The number of hydrogen-bond donors (Lipinski definition) is 0. The van der Waals surface area contributed by atoms with Crippen LogP contribution in [0, 0.1) is 0 Å². The molecular formula is C30H40N4S2. The number of benzene rings is 2. The summed E-state index contributed by atoms with van der Waals surface area (Å²) in [7, 11) is 0. The number of hydrogen-bond acceptors (Lipinski definition) is 6. The summed E-state index contributed by atoms with van der Waals surface area (Å²) in [6.07, 6.45) is 17.7. The lowest BCUT2D eigenvalue weighted by molar-refractivity contribution is 0.606. The van der Waals surface area contributed by atoms with E-state index in [4.69, 9.17) is 0 Å². The smallest absolute Gasteiger partial charge is 0.143 e. The lowest BCUT2D eigenvalue weighted by atomic mass is 10.0. The molecule has 4 nitrogen and oxygen atoms in total. The van der Waals surface area contributed by atoms with Gasteiger partial charge in [0.1, 0.15) is 20.0 Å². The zero-order valence-corrected chi connectivity index (χ0v) is 23.6. The Hall–Kier alpha value is -2.18. The number of unbranched alkanes of at least 4 members (excludes halogenated alkanes) is 10. The lowest BCUT2D eigenvalue weighted by Crippen LogP contribution is -1.86. The molecule has 36 heavy (non-hydrogen) atoms. The third-order valence-electron chi connectivity index (χ3n) is 6.80. The Balaban J connectivity index is 1.43. The van der Waals surface area contributed by atoms with E-state index >= 15 is 0 Å². The number of aromatic nitrogens is 4. The SMILES string of the molecule is CCCCCCCCc1nnc(-c2cccc3c(-c4nnc(CCCCCCCC)s4)cccc23)s1. The molecule has 2 aromatic heterocycles. The predicted molar refractivity (Wildman–Crippen MR) is 156 cm³/mol. The van der Waals surface area contributed by atoms with Gasteiger partial charge in [0.2, 0.25) is 0 Å². The molecule has 0 N–H and O–H groups in total. The summed E-state index contributed by atoms with van der Waals surface area (Å²) in [6, 6.07) is 13.0. The van der Waals surface area contributed by atoms with Crippen LogP contribution in [0.3, 0.4) is 0 Å². The largest absolute Gasteiger partial charge is 0.148 e. The first-order valence-electron chi connectivity index (χ1n) is 14.0. The van der Waals surface area contributed by atoms with Crippen molar-refractivity contribution in [1.82, 2.24) is 20.4 Å². The molecule has 2 aromatic carbocycles. The Morgan fingerprint density at radius 3 is 1.36 bits per heavy atom. The second-order valence-corrected chi connectivity index (χ2v) is 11.9. The summed E-state index contributed by atoms with van der Waals surface area (Å²) in [5, 5.41) is 24.9. The molecule has 0 amide bonds. The van der Waals surface area contributed by atoms with Crippen molar-refractivity contribution >= 4 is 33.4 Å². The zero-order chi connectivity index (χ0) is 25.0. The Kier molecular flexibility index (Phi) is 10.8. The van der Waals surface area contributed by atoms with E-state index in [0.29, 0.717) is 0 Å². The molecule has 2 heterocycles. The summed E-state index contributed by atoms with van der Waals surface area (Å²) in [5.74, 6) is 0. The standard InChI is InChI=1S/C30H40N4S2/c1-3-5-7-9-11-13-21-27-31-33-29(35-27)25-19-15-18-24-23(25)17-16-20-26(24)30-34-32-28(36-30)22-14-12-10-8-6-4-2/h15-20H,3-14,21-22H2,1-2H3. The van der Waals surface area contributed by atoms with Crippen molar-refractivity contribution in [2.75, 3.05) is 0 Å². The average Bonchev–Trinajstić information content (AvgIpc) is 3.57. The summed E-state index contributed by atoms with van der Waals surface area (Å²) in [5.41, 5.74) is 2.33. The third kappa shape index (κ3) is 7.42. The van der Waals surface area contributed by atoms with E-state index in [1.54, 1.807) is 22.7 Å². The van der Waals surface area contributed by atoms with E-state index in [9.17, 15) is 0 Å². The van der Waals surface area contributed by atoms with Crippen molar-refractivity contribution in [2.45, 2.75) is 104 Å². The van der Waals surface area contributed by atoms with Crippen molar-refractivity contribution in [2.24, 2.45) is 0 Å². The van der Waals surface area contributed by atoms with Crippen LogP contribution in [0.5, 0.6) is 0 Å². The quantitative estimate of drug-likeness (QED) is 0.138. The molecule has 6 heteroatoms. The van der Waals surface area contributed by atoms with Gasteiger partial charge in [-0.3, -0.25) is 0 Å². The molecule has 0 atom stereocenters. The van der Waals surface area contributed by atoms with Gasteiger partial charge in [0.25, 0.3) is 0 Å². The minimum absolute atomic E-state index is 1.01. The number of rotatable bonds is 16. The second-order valence-electron chi connectivity index (χ2n) is 9.74. The van der Waals surface area contributed by atoms with Gasteiger partial charge >= 0.3 is 0 Å². The van der Waals surface area contributed by atoms with Crippen LogP contribution < -0.4 is 0 Å². The summed E-state index contributed by atoms with van der Waals surface area (Å²) >= 11 is 3.49. The maximum atomic E-state index is 4.57. The van der Waals surface area contributed by atoms with Gasteiger partial charge in [-0.15, -0.1) is 20.4 Å². The van der Waals surface area contributed by atoms with E-state index in [-0.39, 0.29) is 0 Å². The monoisotopic (exact) mass is 520 g/mol. The fraction of sp³-hybridized carbons (Fsp3) is 0.533. The van der Waals surface area contributed by atoms with Crippen LogP contribution in [0.2, 0.25) is 0 Å². The highest BCUT2D eigenvalue weighted by Crippen LogP contribution is 2.37. The van der Waals surface area contributed by atoms with Crippen LogP contribution in [0.15, 0.2) is 36.4 Å². The van der Waals surface area contributed by atoms with Crippen molar-refractivity contribution in [3.8, 4) is 21.1 Å². The minimum Gasteiger partial charge on any atom is -0.143 e. The molecule has 0 bridgehead atoms. The molecule has 0 spiro atoms. The van der Waals surface area contributed by atoms with Crippen LogP contribution in [0.1, 0.15) is 101 Å². The molecule has 0 aliphatic carbocycles. The van der Waals surface area contributed by atoms with Gasteiger partial charge in [0, 0.05) is 24.0 Å². The first-order chi connectivity index (χ1) is 17.8. The van der Waals surface area contributed by atoms with Gasteiger partial charge in [-0.2, -0.15) is 0 Å². The molecule has 0 unspecified atom stereocenters. The van der Waals surface area contributed by atoms with Crippen molar-refractivity contribution in [3.05, 3.63) is 46.4 Å². The summed E-state index contributed by atoms with van der Waals surface area (Å²) < 4.78 is 0. The molecule has 4 aromatic rings. The Morgan fingerprint density at radius 2 is 0.917 bits per heavy atom. The predicted octanol–water partition coefficient (Wildman–Crippen LogP) is 9.68. The highest BCUT2D eigenvalue weighted by atomic mass is 32.1. The normalized spacial score (nSPS) is 11.5.